The van der Waals surface area contributed by atoms with Gasteiger partial charge in [0.05, 0.1) is 16.2 Å². The van der Waals surface area contributed by atoms with E-state index in [1.807, 2.05) is 0 Å². The van der Waals surface area contributed by atoms with Crippen molar-refractivity contribution in [3.05, 3.63) is 62.9 Å². The number of carbonyl (C=O) groups excluding carboxylic acids is 1. The van der Waals surface area contributed by atoms with Gasteiger partial charge in [-0.2, -0.15) is 0 Å². The number of nitrogen functional groups attached to an aromatic ring is 1. The Bertz CT molecular complexity index is 737. The topological polar surface area (TPSA) is 98.3 Å². The van der Waals surface area contributed by atoms with Gasteiger partial charge in [-0.3, -0.25) is 14.9 Å². The molecule has 0 atom stereocenters. The van der Waals surface area contributed by atoms with Crippen molar-refractivity contribution in [1.82, 2.24) is 0 Å². The summed E-state index contributed by atoms with van der Waals surface area (Å²) in [4.78, 5) is 22.1. The summed E-state index contributed by atoms with van der Waals surface area (Å²) in [5.74, 6) is -1.45. The minimum Gasteiger partial charge on any atom is -0.398 e. The zero-order valence-corrected chi connectivity index (χ0v) is 11.2. The quantitative estimate of drug-likeness (QED) is 0.516. The van der Waals surface area contributed by atoms with Gasteiger partial charge in [0.15, 0.2) is 0 Å². The second-order valence-corrected chi connectivity index (χ2v) is 4.54. The monoisotopic (exact) mass is 309 g/mol. The van der Waals surface area contributed by atoms with E-state index >= 15 is 0 Å². The number of halogens is 2. The normalized spacial score (nSPS) is 10.2. The molecule has 108 valence electrons. The first-order chi connectivity index (χ1) is 9.88. The van der Waals surface area contributed by atoms with Crippen molar-refractivity contribution in [2.24, 2.45) is 0 Å². The highest BCUT2D eigenvalue weighted by Crippen LogP contribution is 2.23. The summed E-state index contributed by atoms with van der Waals surface area (Å²) in [7, 11) is 0. The number of hydrogen-bond acceptors (Lipinski definition) is 4. The molecule has 1 amide bonds. The van der Waals surface area contributed by atoms with Crippen LogP contribution in [-0.2, 0) is 0 Å². The predicted molar refractivity (Wildman–Crippen MR) is 76.9 cm³/mol. The molecule has 21 heavy (non-hydrogen) atoms. The van der Waals surface area contributed by atoms with E-state index in [0.717, 1.165) is 12.1 Å². The Morgan fingerprint density at radius 1 is 1.29 bits per heavy atom. The van der Waals surface area contributed by atoms with Crippen LogP contribution >= 0.6 is 11.6 Å². The van der Waals surface area contributed by atoms with E-state index in [1.165, 1.54) is 24.3 Å². The van der Waals surface area contributed by atoms with Gasteiger partial charge >= 0.3 is 0 Å². The summed E-state index contributed by atoms with van der Waals surface area (Å²) in [6, 6.07) is 7.08. The fraction of sp³-hybridized carbons (Fsp3) is 0. The Morgan fingerprint density at radius 2 is 2.00 bits per heavy atom. The average Bonchev–Trinajstić information content (AvgIpc) is 2.43. The van der Waals surface area contributed by atoms with E-state index in [9.17, 15) is 19.3 Å². The maximum Gasteiger partial charge on any atom is 0.270 e. The molecule has 6 nitrogen and oxygen atoms in total. The first kappa shape index (κ1) is 14.7. The molecular weight excluding hydrogens is 301 g/mol. The minimum absolute atomic E-state index is 0.0422. The van der Waals surface area contributed by atoms with Gasteiger partial charge in [-0.15, -0.1) is 0 Å². The van der Waals surface area contributed by atoms with Crippen LogP contribution in [-0.4, -0.2) is 10.8 Å². The molecule has 0 spiro atoms. The number of benzene rings is 2. The van der Waals surface area contributed by atoms with Gasteiger partial charge in [-0.05, 0) is 24.3 Å². The third kappa shape index (κ3) is 3.26. The van der Waals surface area contributed by atoms with Gasteiger partial charge in [-0.25, -0.2) is 4.39 Å². The molecule has 3 N–H and O–H groups in total. The number of non-ortho nitro benzene ring substituents is 1. The number of nitro groups is 1. The lowest BCUT2D eigenvalue weighted by Gasteiger charge is -2.08. The Morgan fingerprint density at radius 3 is 2.67 bits per heavy atom. The largest absolute Gasteiger partial charge is 0.398 e. The Kier molecular flexibility index (Phi) is 4.04. The third-order valence-corrected chi connectivity index (χ3v) is 2.90. The molecule has 2 aromatic carbocycles. The molecule has 0 heterocycles. The fourth-order valence-electron chi connectivity index (χ4n) is 1.64. The van der Waals surface area contributed by atoms with Crippen LogP contribution in [0.25, 0.3) is 0 Å². The molecule has 0 radical (unpaired) electrons. The number of nitrogens with zero attached hydrogens (tertiary/aromatic N) is 1. The third-order valence-electron chi connectivity index (χ3n) is 2.67. The summed E-state index contributed by atoms with van der Waals surface area (Å²) >= 11 is 5.71. The van der Waals surface area contributed by atoms with Crippen LogP contribution in [0.15, 0.2) is 36.4 Å². The number of nitro benzene ring substituents is 1. The van der Waals surface area contributed by atoms with E-state index < -0.39 is 16.6 Å². The lowest BCUT2D eigenvalue weighted by molar-refractivity contribution is -0.384. The van der Waals surface area contributed by atoms with Crippen LogP contribution < -0.4 is 11.1 Å². The minimum atomic E-state index is -0.766. The van der Waals surface area contributed by atoms with E-state index in [0.29, 0.717) is 0 Å². The predicted octanol–water partition coefficient (Wildman–Crippen LogP) is 3.22. The first-order valence-electron chi connectivity index (χ1n) is 5.69. The van der Waals surface area contributed by atoms with Crippen molar-refractivity contribution in [3.8, 4) is 0 Å². The molecular formula is C13H9ClFN3O3. The summed E-state index contributed by atoms with van der Waals surface area (Å²) in [5.41, 5.74) is 5.10. The summed E-state index contributed by atoms with van der Waals surface area (Å²) in [5, 5.41) is 13.2. The number of rotatable bonds is 3. The van der Waals surface area contributed by atoms with Gasteiger partial charge < -0.3 is 11.1 Å². The number of nitrogens with one attached hydrogen (secondary N) is 1. The van der Waals surface area contributed by atoms with Crippen LogP contribution in [0.3, 0.4) is 0 Å². The molecule has 0 aromatic heterocycles. The van der Waals surface area contributed by atoms with E-state index in [-0.39, 0.29) is 27.6 Å². The van der Waals surface area contributed by atoms with Crippen molar-refractivity contribution >= 4 is 34.6 Å². The number of amides is 1. The average molecular weight is 310 g/mol. The van der Waals surface area contributed by atoms with Gasteiger partial charge in [0, 0.05) is 22.8 Å². The van der Waals surface area contributed by atoms with Gasteiger partial charge in [0.2, 0.25) is 0 Å². The molecule has 2 aromatic rings. The molecule has 0 bridgehead atoms. The second kappa shape index (κ2) is 5.76. The fourth-order valence-corrected chi connectivity index (χ4v) is 1.81. The molecule has 0 unspecified atom stereocenters. The van der Waals surface area contributed by atoms with Gasteiger partial charge in [-0.1, -0.05) is 11.6 Å². The molecule has 2 rings (SSSR count). The van der Waals surface area contributed by atoms with Crippen LogP contribution in [0.5, 0.6) is 0 Å². The number of hydrogen-bond donors (Lipinski definition) is 2. The van der Waals surface area contributed by atoms with Gasteiger partial charge in [0.1, 0.15) is 5.82 Å². The van der Waals surface area contributed by atoms with Crippen LogP contribution in [0, 0.1) is 15.9 Å². The molecule has 0 aliphatic rings. The molecule has 8 heteroatoms. The Balaban J connectivity index is 2.34. The number of anilines is 2. The summed E-state index contributed by atoms with van der Waals surface area (Å²) in [6.07, 6.45) is 0. The molecule has 0 aliphatic heterocycles. The highest BCUT2D eigenvalue weighted by molar-refractivity contribution is 6.31. The maximum absolute atomic E-state index is 13.5. The number of carbonyl (C=O) groups is 1. The summed E-state index contributed by atoms with van der Waals surface area (Å²) < 4.78 is 13.5. The maximum atomic E-state index is 13.5. The van der Waals surface area contributed by atoms with Crippen LogP contribution in [0.4, 0.5) is 21.5 Å². The first-order valence-corrected chi connectivity index (χ1v) is 6.06. The zero-order chi connectivity index (χ0) is 15.6. The van der Waals surface area contributed by atoms with Crippen molar-refractivity contribution in [2.45, 2.75) is 0 Å². The lowest BCUT2D eigenvalue weighted by atomic mass is 10.1. The van der Waals surface area contributed by atoms with E-state index in [4.69, 9.17) is 17.3 Å². The highest BCUT2D eigenvalue weighted by Gasteiger charge is 2.16. The van der Waals surface area contributed by atoms with Crippen molar-refractivity contribution in [3.63, 3.8) is 0 Å². The van der Waals surface area contributed by atoms with Crippen molar-refractivity contribution in [2.75, 3.05) is 11.1 Å². The SMILES string of the molecule is Nc1ccc([N+](=O)[O-])cc1C(=O)Nc1cc(Cl)ccc1F. The smallest absolute Gasteiger partial charge is 0.270 e. The van der Waals surface area contributed by atoms with Crippen LogP contribution in [0.1, 0.15) is 10.4 Å². The molecule has 0 saturated heterocycles. The lowest BCUT2D eigenvalue weighted by Crippen LogP contribution is -2.15. The second-order valence-electron chi connectivity index (χ2n) is 4.11. The zero-order valence-electron chi connectivity index (χ0n) is 10.5. The standard InChI is InChI=1S/C13H9ClFN3O3/c14-7-1-3-10(15)12(5-7)17-13(19)9-6-8(18(20)21)2-4-11(9)16/h1-6H,16H2,(H,17,19). The van der Waals surface area contributed by atoms with Crippen molar-refractivity contribution < 1.29 is 14.1 Å². The molecule has 0 aliphatic carbocycles. The van der Waals surface area contributed by atoms with Crippen molar-refractivity contribution in [1.29, 1.82) is 0 Å². The van der Waals surface area contributed by atoms with Gasteiger partial charge in [0.25, 0.3) is 11.6 Å². The van der Waals surface area contributed by atoms with E-state index in [1.54, 1.807) is 0 Å². The Labute approximate surface area is 123 Å². The molecule has 0 fully saturated rings. The molecule has 0 saturated carbocycles. The van der Waals surface area contributed by atoms with E-state index in [2.05, 4.69) is 5.32 Å². The Hall–Kier alpha value is -2.67. The summed E-state index contributed by atoms with van der Waals surface area (Å²) in [6.45, 7) is 0. The highest BCUT2D eigenvalue weighted by atomic mass is 35.5. The van der Waals surface area contributed by atoms with Crippen LogP contribution in [0.2, 0.25) is 5.02 Å². The number of nitrogens with two attached hydrogens (primary N) is 1.